The Labute approximate surface area is 125 Å². The van der Waals surface area contributed by atoms with Crippen molar-refractivity contribution in [1.82, 2.24) is 9.78 Å². The third kappa shape index (κ3) is 3.75. The molecule has 0 amide bonds. The number of aliphatic carboxylic acids is 1. The van der Waals surface area contributed by atoms with Crippen LogP contribution in [0.2, 0.25) is 0 Å². The predicted molar refractivity (Wildman–Crippen MR) is 80.4 cm³/mol. The van der Waals surface area contributed by atoms with Crippen molar-refractivity contribution in [3.63, 3.8) is 0 Å². The van der Waals surface area contributed by atoms with Crippen LogP contribution >= 0.6 is 0 Å². The molecule has 0 aromatic carbocycles. The molecule has 6 nitrogen and oxygen atoms in total. The average molecular weight is 295 g/mol. The fraction of sp³-hybridized carbons (Fsp3) is 0.733. The summed E-state index contributed by atoms with van der Waals surface area (Å²) < 4.78 is 1.78. The average Bonchev–Trinajstić information content (AvgIpc) is 2.68. The number of aliphatic hydroxyl groups is 1. The summed E-state index contributed by atoms with van der Waals surface area (Å²) in [5, 5.41) is 23.5. The maximum absolute atomic E-state index is 11.3. The van der Waals surface area contributed by atoms with Crippen molar-refractivity contribution in [3.05, 3.63) is 11.9 Å². The van der Waals surface area contributed by atoms with E-state index in [0.29, 0.717) is 19.0 Å². The van der Waals surface area contributed by atoms with Gasteiger partial charge >= 0.3 is 5.97 Å². The van der Waals surface area contributed by atoms with E-state index in [9.17, 15) is 15.0 Å². The summed E-state index contributed by atoms with van der Waals surface area (Å²) in [5.41, 5.74) is 1.11. The van der Waals surface area contributed by atoms with E-state index in [4.69, 9.17) is 0 Å². The quantitative estimate of drug-likeness (QED) is 0.880. The summed E-state index contributed by atoms with van der Waals surface area (Å²) >= 11 is 0. The summed E-state index contributed by atoms with van der Waals surface area (Å²) in [4.78, 5) is 13.4. The summed E-state index contributed by atoms with van der Waals surface area (Å²) in [6.07, 6.45) is 2.50. The fourth-order valence-corrected chi connectivity index (χ4v) is 3.00. The van der Waals surface area contributed by atoms with E-state index in [2.05, 4.69) is 16.9 Å². The van der Waals surface area contributed by atoms with E-state index in [1.54, 1.807) is 24.7 Å². The van der Waals surface area contributed by atoms with Gasteiger partial charge in [0, 0.05) is 13.1 Å². The van der Waals surface area contributed by atoms with E-state index in [-0.39, 0.29) is 5.92 Å². The van der Waals surface area contributed by atoms with E-state index in [1.807, 2.05) is 6.92 Å². The standard InChI is InChI=1S/C15H25N3O3/c1-10-5-12(14(19)20)8-17(7-10)13-6-16-18(11(13)2)9-15(3,4)21/h6,10,12,21H,5,7-9H2,1-4H3,(H,19,20)/t10-,12-/m0/s1. The topological polar surface area (TPSA) is 78.6 Å². The number of nitrogens with zero attached hydrogens (tertiary/aromatic N) is 3. The van der Waals surface area contributed by atoms with Gasteiger partial charge in [-0.05, 0) is 33.1 Å². The van der Waals surface area contributed by atoms with Crippen molar-refractivity contribution in [3.8, 4) is 0 Å². The zero-order valence-electron chi connectivity index (χ0n) is 13.2. The van der Waals surface area contributed by atoms with Gasteiger partial charge in [-0.3, -0.25) is 9.48 Å². The Bertz CT molecular complexity index is 519. The molecule has 2 N–H and O–H groups in total. The minimum absolute atomic E-state index is 0.328. The van der Waals surface area contributed by atoms with Crippen molar-refractivity contribution in [2.24, 2.45) is 11.8 Å². The monoisotopic (exact) mass is 295 g/mol. The highest BCUT2D eigenvalue weighted by atomic mass is 16.4. The van der Waals surface area contributed by atoms with Gasteiger partial charge in [0.1, 0.15) is 0 Å². The highest BCUT2D eigenvalue weighted by Gasteiger charge is 2.31. The van der Waals surface area contributed by atoms with Gasteiger partial charge in [-0.25, -0.2) is 0 Å². The van der Waals surface area contributed by atoms with Gasteiger partial charge in [0.25, 0.3) is 0 Å². The van der Waals surface area contributed by atoms with Gasteiger partial charge in [-0.1, -0.05) is 6.92 Å². The third-order valence-electron chi connectivity index (χ3n) is 3.96. The molecule has 2 heterocycles. The van der Waals surface area contributed by atoms with Crippen molar-refractivity contribution in [1.29, 1.82) is 0 Å². The van der Waals surface area contributed by atoms with Crippen molar-refractivity contribution in [2.45, 2.75) is 46.3 Å². The lowest BCUT2D eigenvalue weighted by molar-refractivity contribution is -0.142. The van der Waals surface area contributed by atoms with Crippen LogP contribution in [0.5, 0.6) is 0 Å². The molecule has 118 valence electrons. The predicted octanol–water partition coefficient (Wildman–Crippen LogP) is 1.51. The minimum Gasteiger partial charge on any atom is -0.481 e. The summed E-state index contributed by atoms with van der Waals surface area (Å²) in [6, 6.07) is 0. The van der Waals surface area contributed by atoms with Gasteiger partial charge in [-0.15, -0.1) is 0 Å². The zero-order chi connectivity index (χ0) is 15.8. The lowest BCUT2D eigenvalue weighted by atomic mass is 9.90. The van der Waals surface area contributed by atoms with E-state index < -0.39 is 11.6 Å². The zero-order valence-corrected chi connectivity index (χ0v) is 13.2. The molecule has 1 aliphatic heterocycles. The molecule has 1 saturated heterocycles. The normalized spacial score (nSPS) is 23.4. The number of hydrogen-bond donors (Lipinski definition) is 2. The third-order valence-corrected chi connectivity index (χ3v) is 3.96. The number of anilines is 1. The molecular weight excluding hydrogens is 270 g/mol. The summed E-state index contributed by atoms with van der Waals surface area (Å²) in [6.45, 7) is 9.33. The van der Waals surface area contributed by atoms with Crippen LogP contribution in [0.1, 0.15) is 32.9 Å². The molecule has 2 rings (SSSR count). The molecule has 0 radical (unpaired) electrons. The summed E-state index contributed by atoms with van der Waals surface area (Å²) in [7, 11) is 0. The second-order valence-electron chi connectivity index (χ2n) is 6.87. The Balaban J connectivity index is 2.20. The summed E-state index contributed by atoms with van der Waals surface area (Å²) in [5.74, 6) is -0.712. The number of piperidine rings is 1. The Kier molecular flexibility index (Phi) is 4.27. The molecule has 0 unspecified atom stereocenters. The van der Waals surface area contributed by atoms with Crippen LogP contribution < -0.4 is 4.90 Å². The maximum Gasteiger partial charge on any atom is 0.308 e. The Hall–Kier alpha value is -1.56. The first kappa shape index (κ1) is 15.8. The number of carbonyl (C=O) groups is 1. The first-order valence-electron chi connectivity index (χ1n) is 7.40. The lowest BCUT2D eigenvalue weighted by Crippen LogP contribution is -2.42. The first-order chi connectivity index (χ1) is 9.67. The van der Waals surface area contributed by atoms with Gasteiger partial charge in [0.05, 0.1) is 35.6 Å². The molecule has 1 aromatic rings. The van der Waals surface area contributed by atoms with Crippen LogP contribution in [-0.4, -0.2) is 44.7 Å². The van der Waals surface area contributed by atoms with Crippen LogP contribution in [0, 0.1) is 18.8 Å². The van der Waals surface area contributed by atoms with E-state index >= 15 is 0 Å². The highest BCUT2D eigenvalue weighted by Crippen LogP contribution is 2.29. The fourth-order valence-electron chi connectivity index (χ4n) is 3.00. The van der Waals surface area contributed by atoms with Gasteiger partial charge in [0.2, 0.25) is 0 Å². The molecule has 2 atom stereocenters. The molecule has 0 saturated carbocycles. The molecule has 21 heavy (non-hydrogen) atoms. The number of carboxylic acids is 1. The van der Waals surface area contributed by atoms with Crippen LogP contribution in [0.3, 0.4) is 0 Å². The first-order valence-corrected chi connectivity index (χ1v) is 7.40. The van der Waals surface area contributed by atoms with Crippen LogP contribution in [0.25, 0.3) is 0 Å². The Morgan fingerprint density at radius 1 is 1.48 bits per heavy atom. The van der Waals surface area contributed by atoms with Crippen LogP contribution in [-0.2, 0) is 11.3 Å². The molecular formula is C15H25N3O3. The van der Waals surface area contributed by atoms with Gasteiger partial charge in [0.15, 0.2) is 0 Å². The number of hydrogen-bond acceptors (Lipinski definition) is 4. The SMILES string of the molecule is Cc1c(N2C[C@@H](C)C[C@H](C(=O)O)C2)cnn1CC(C)(C)O. The Morgan fingerprint density at radius 2 is 2.14 bits per heavy atom. The largest absolute Gasteiger partial charge is 0.481 e. The second kappa shape index (κ2) is 5.67. The molecule has 1 fully saturated rings. The molecule has 0 spiro atoms. The number of carboxylic acid groups (broad SMARTS) is 1. The lowest BCUT2D eigenvalue weighted by Gasteiger charge is -2.36. The molecule has 6 heteroatoms. The molecule has 1 aromatic heterocycles. The van der Waals surface area contributed by atoms with Crippen molar-refractivity contribution < 1.29 is 15.0 Å². The number of aromatic nitrogens is 2. The van der Waals surface area contributed by atoms with Gasteiger partial charge in [-0.2, -0.15) is 5.10 Å². The van der Waals surface area contributed by atoms with Crippen LogP contribution in [0.4, 0.5) is 5.69 Å². The molecule has 0 aliphatic carbocycles. The van der Waals surface area contributed by atoms with Gasteiger partial charge < -0.3 is 15.1 Å². The maximum atomic E-state index is 11.3. The Morgan fingerprint density at radius 3 is 2.71 bits per heavy atom. The number of rotatable bonds is 4. The van der Waals surface area contributed by atoms with E-state index in [0.717, 1.165) is 24.3 Å². The van der Waals surface area contributed by atoms with Crippen molar-refractivity contribution in [2.75, 3.05) is 18.0 Å². The van der Waals surface area contributed by atoms with Crippen LogP contribution in [0.15, 0.2) is 6.20 Å². The van der Waals surface area contributed by atoms with Crippen molar-refractivity contribution >= 4 is 11.7 Å². The minimum atomic E-state index is -0.827. The molecule has 1 aliphatic rings. The molecule has 0 bridgehead atoms. The highest BCUT2D eigenvalue weighted by molar-refractivity contribution is 5.71. The van der Waals surface area contributed by atoms with E-state index in [1.165, 1.54) is 0 Å². The second-order valence-corrected chi connectivity index (χ2v) is 6.87. The smallest absolute Gasteiger partial charge is 0.308 e.